The molecule has 5 unspecified atom stereocenters. The summed E-state index contributed by atoms with van der Waals surface area (Å²) in [5.74, 6) is -4.76. The van der Waals surface area contributed by atoms with E-state index in [2.05, 4.69) is 20.9 Å². The molecule has 33 heavy (non-hydrogen) atoms. The summed E-state index contributed by atoms with van der Waals surface area (Å²) in [4.78, 5) is 64.1. The Balaban J connectivity index is 5.49. The Morgan fingerprint density at radius 3 is 1.94 bits per heavy atom. The third-order valence-corrected chi connectivity index (χ3v) is 4.91. The van der Waals surface area contributed by atoms with Crippen molar-refractivity contribution < 1.29 is 29.1 Å². The fourth-order valence-corrected chi connectivity index (χ4v) is 2.61. The van der Waals surface area contributed by atoms with E-state index in [1.807, 2.05) is 6.92 Å². The number of carbonyl (C=O) groups excluding carboxylic acids is 4. The summed E-state index contributed by atoms with van der Waals surface area (Å²) in [6.07, 6.45) is 0.396. The molecule has 0 spiro atoms. The van der Waals surface area contributed by atoms with Crippen LogP contribution in [0.4, 0.5) is 0 Å². The van der Waals surface area contributed by atoms with Crippen LogP contribution in [0.3, 0.4) is 0 Å². The zero-order valence-electron chi connectivity index (χ0n) is 19.2. The molecule has 4 amide bonds. The number of rotatable bonds is 15. The van der Waals surface area contributed by atoms with E-state index in [1.54, 1.807) is 6.92 Å². The van der Waals surface area contributed by atoms with E-state index in [1.165, 1.54) is 6.92 Å². The first-order valence-corrected chi connectivity index (χ1v) is 10.5. The van der Waals surface area contributed by atoms with Gasteiger partial charge in [-0.05, 0) is 25.7 Å². The second-order valence-electron chi connectivity index (χ2n) is 7.72. The van der Waals surface area contributed by atoms with Crippen LogP contribution in [0, 0.1) is 5.92 Å². The molecule has 14 heteroatoms. The largest absolute Gasteiger partial charge is 0.480 e. The predicted molar refractivity (Wildman–Crippen MR) is 120 cm³/mol. The highest BCUT2D eigenvalue weighted by atomic mass is 16.4. The normalized spacial score (nSPS) is 15.2. The van der Waals surface area contributed by atoms with Crippen LogP contribution in [0.15, 0.2) is 4.99 Å². The molecule has 0 aliphatic carbocycles. The van der Waals surface area contributed by atoms with Gasteiger partial charge in [0.05, 0.1) is 12.5 Å². The topological polar surface area (TPSA) is 258 Å². The van der Waals surface area contributed by atoms with Crippen molar-refractivity contribution in [3.63, 3.8) is 0 Å². The summed E-state index contributed by atoms with van der Waals surface area (Å²) in [5, 5.41) is 16.1. The number of nitrogens with one attached hydrogen (secondary N) is 3. The van der Waals surface area contributed by atoms with Crippen LogP contribution in [0.1, 0.15) is 46.5 Å². The zero-order chi connectivity index (χ0) is 25.7. The van der Waals surface area contributed by atoms with Gasteiger partial charge in [0.1, 0.15) is 18.1 Å². The van der Waals surface area contributed by atoms with Gasteiger partial charge in [0.25, 0.3) is 0 Å². The fourth-order valence-electron chi connectivity index (χ4n) is 2.61. The van der Waals surface area contributed by atoms with Crippen molar-refractivity contribution in [1.82, 2.24) is 16.0 Å². The number of hydrogen-bond donors (Lipinski definition) is 8. The van der Waals surface area contributed by atoms with Crippen LogP contribution in [-0.2, 0) is 24.0 Å². The van der Waals surface area contributed by atoms with Gasteiger partial charge in [-0.1, -0.05) is 20.3 Å². The number of primary amides is 1. The summed E-state index contributed by atoms with van der Waals surface area (Å²) in [6.45, 7) is 5.01. The van der Waals surface area contributed by atoms with Crippen LogP contribution < -0.4 is 38.9 Å². The summed E-state index contributed by atoms with van der Waals surface area (Å²) in [5.41, 5.74) is 21.6. The van der Waals surface area contributed by atoms with Gasteiger partial charge in [-0.15, -0.1) is 0 Å². The molecule has 0 radical (unpaired) electrons. The summed E-state index contributed by atoms with van der Waals surface area (Å²) < 4.78 is 0. The van der Waals surface area contributed by atoms with Gasteiger partial charge < -0.3 is 44.0 Å². The average molecular weight is 473 g/mol. The molecule has 0 aliphatic heterocycles. The maximum Gasteiger partial charge on any atom is 0.325 e. The standard InChI is InChI=1S/C19H36N8O6/c1-4-9(2)14(21)17(31)27-12(8-13(20)28)16(30)26-11(6-5-7-24-19(22)23)15(29)25-10(3)18(32)33/h9-12,14H,4-8,21H2,1-3H3,(H2,20,28)(H,25,29)(H,26,30)(H,27,31)(H,32,33)(H4,22,23,24). The van der Waals surface area contributed by atoms with Crippen molar-refractivity contribution in [2.24, 2.45) is 33.8 Å². The van der Waals surface area contributed by atoms with Crippen molar-refractivity contribution >= 4 is 35.6 Å². The molecule has 0 fully saturated rings. The molecule has 188 valence electrons. The molecule has 12 N–H and O–H groups in total. The van der Waals surface area contributed by atoms with E-state index in [0.717, 1.165) is 0 Å². The lowest BCUT2D eigenvalue weighted by molar-refractivity contribution is -0.142. The number of aliphatic imine (C=N–C) groups is 1. The number of aliphatic carboxylic acids is 1. The lowest BCUT2D eigenvalue weighted by atomic mass is 9.99. The van der Waals surface area contributed by atoms with Crippen molar-refractivity contribution in [3.05, 3.63) is 0 Å². The van der Waals surface area contributed by atoms with Gasteiger partial charge in [-0.2, -0.15) is 0 Å². The van der Waals surface area contributed by atoms with Crippen molar-refractivity contribution in [2.75, 3.05) is 6.54 Å². The third-order valence-electron chi connectivity index (χ3n) is 4.91. The monoisotopic (exact) mass is 472 g/mol. The van der Waals surface area contributed by atoms with E-state index < -0.39 is 60.2 Å². The second kappa shape index (κ2) is 14.6. The molecule has 0 aliphatic rings. The van der Waals surface area contributed by atoms with E-state index in [0.29, 0.717) is 6.42 Å². The van der Waals surface area contributed by atoms with E-state index in [4.69, 9.17) is 28.0 Å². The molecule has 14 nitrogen and oxygen atoms in total. The summed E-state index contributed by atoms with van der Waals surface area (Å²) in [6, 6.07) is -4.71. The molecule has 0 aromatic rings. The Labute approximate surface area is 192 Å². The Kier molecular flexibility index (Phi) is 13.1. The van der Waals surface area contributed by atoms with Gasteiger partial charge in [-0.3, -0.25) is 29.0 Å². The number of carboxylic acids is 1. The number of carboxylic acid groups (broad SMARTS) is 1. The van der Waals surface area contributed by atoms with E-state index >= 15 is 0 Å². The van der Waals surface area contributed by atoms with Gasteiger partial charge in [0, 0.05) is 6.54 Å². The lowest BCUT2D eigenvalue weighted by Crippen LogP contribution is -2.58. The highest BCUT2D eigenvalue weighted by Gasteiger charge is 2.31. The van der Waals surface area contributed by atoms with Gasteiger partial charge in [-0.25, -0.2) is 0 Å². The molecule has 0 saturated heterocycles. The quantitative estimate of drug-likeness (QED) is 0.0678. The number of nitrogens with two attached hydrogens (primary N) is 4. The first kappa shape index (κ1) is 29.6. The molecule has 0 heterocycles. The van der Waals surface area contributed by atoms with Crippen LogP contribution in [0.25, 0.3) is 0 Å². The zero-order valence-corrected chi connectivity index (χ0v) is 19.2. The maximum absolute atomic E-state index is 12.8. The minimum absolute atomic E-state index is 0.0459. The minimum Gasteiger partial charge on any atom is -0.480 e. The van der Waals surface area contributed by atoms with Crippen molar-refractivity contribution in [2.45, 2.75) is 70.6 Å². The van der Waals surface area contributed by atoms with Crippen LogP contribution >= 0.6 is 0 Å². The van der Waals surface area contributed by atoms with Crippen molar-refractivity contribution in [1.29, 1.82) is 0 Å². The molecule has 0 aromatic heterocycles. The number of nitrogens with zero attached hydrogens (tertiary/aromatic N) is 1. The Morgan fingerprint density at radius 2 is 1.45 bits per heavy atom. The van der Waals surface area contributed by atoms with E-state index in [-0.39, 0.29) is 31.3 Å². The van der Waals surface area contributed by atoms with Gasteiger partial charge in [0.2, 0.25) is 23.6 Å². The van der Waals surface area contributed by atoms with Gasteiger partial charge >= 0.3 is 5.97 Å². The Hall–Kier alpha value is -3.42. The SMILES string of the molecule is CCC(C)C(N)C(=O)NC(CC(N)=O)C(=O)NC(CCCN=C(N)N)C(=O)NC(C)C(=O)O. The Bertz CT molecular complexity index is 740. The van der Waals surface area contributed by atoms with Crippen LogP contribution in [-0.4, -0.2) is 71.4 Å². The number of guanidine groups is 1. The Morgan fingerprint density at radius 1 is 0.909 bits per heavy atom. The first-order chi connectivity index (χ1) is 15.3. The smallest absolute Gasteiger partial charge is 0.325 e. The highest BCUT2D eigenvalue weighted by molar-refractivity contribution is 5.96. The number of carbonyl (C=O) groups is 5. The first-order valence-electron chi connectivity index (χ1n) is 10.5. The van der Waals surface area contributed by atoms with E-state index in [9.17, 15) is 24.0 Å². The lowest BCUT2D eigenvalue weighted by Gasteiger charge is -2.25. The maximum atomic E-state index is 12.8. The van der Waals surface area contributed by atoms with Crippen LogP contribution in [0.2, 0.25) is 0 Å². The molecule has 0 saturated carbocycles. The molecule has 0 aromatic carbocycles. The second-order valence-corrected chi connectivity index (χ2v) is 7.72. The average Bonchev–Trinajstić information content (AvgIpc) is 2.73. The number of amides is 4. The molecule has 5 atom stereocenters. The summed E-state index contributed by atoms with van der Waals surface area (Å²) >= 11 is 0. The molecular weight excluding hydrogens is 436 g/mol. The van der Waals surface area contributed by atoms with Crippen LogP contribution in [0.5, 0.6) is 0 Å². The predicted octanol–water partition coefficient (Wildman–Crippen LogP) is -3.15. The fraction of sp³-hybridized carbons (Fsp3) is 0.684. The number of hydrogen-bond acceptors (Lipinski definition) is 7. The van der Waals surface area contributed by atoms with Crippen molar-refractivity contribution in [3.8, 4) is 0 Å². The molecular formula is C19H36N8O6. The highest BCUT2D eigenvalue weighted by Crippen LogP contribution is 2.07. The third kappa shape index (κ3) is 11.7. The minimum atomic E-state index is -1.38. The molecule has 0 rings (SSSR count). The summed E-state index contributed by atoms with van der Waals surface area (Å²) in [7, 11) is 0. The molecule has 0 bridgehead atoms. The van der Waals surface area contributed by atoms with Gasteiger partial charge in [0.15, 0.2) is 5.96 Å².